The number of non-ortho nitro benzene ring substituents is 1. The predicted octanol–water partition coefficient (Wildman–Crippen LogP) is 3.25. The molecular formula is C19H23N3O4. The average Bonchev–Trinajstić information content (AvgIpc) is 2.65. The second-order valence-corrected chi connectivity index (χ2v) is 5.81. The smallest absolute Gasteiger partial charge is 0.269 e. The maximum Gasteiger partial charge on any atom is 0.269 e. The van der Waals surface area contributed by atoms with Gasteiger partial charge in [-0.05, 0) is 29.7 Å². The van der Waals surface area contributed by atoms with E-state index in [1.807, 2.05) is 24.3 Å². The first-order valence-corrected chi connectivity index (χ1v) is 8.41. The van der Waals surface area contributed by atoms with Crippen LogP contribution in [0.1, 0.15) is 24.0 Å². The summed E-state index contributed by atoms with van der Waals surface area (Å²) in [5, 5.41) is 16.7. The Hall–Kier alpha value is -2.93. The van der Waals surface area contributed by atoms with Gasteiger partial charge in [0.25, 0.3) is 5.69 Å². The van der Waals surface area contributed by atoms with E-state index in [1.165, 1.54) is 12.1 Å². The molecule has 0 saturated heterocycles. The fourth-order valence-electron chi connectivity index (χ4n) is 2.49. The maximum absolute atomic E-state index is 12.0. The second kappa shape index (κ2) is 10.1. The maximum atomic E-state index is 12.0. The molecule has 0 aromatic heterocycles. The molecule has 0 radical (unpaired) electrons. The number of benzene rings is 2. The highest BCUT2D eigenvalue weighted by molar-refractivity contribution is 5.75. The van der Waals surface area contributed by atoms with Gasteiger partial charge in [0.1, 0.15) is 0 Å². The topological polar surface area (TPSA) is 93.5 Å². The van der Waals surface area contributed by atoms with Gasteiger partial charge in [-0.25, -0.2) is 0 Å². The van der Waals surface area contributed by atoms with Gasteiger partial charge in [0, 0.05) is 44.4 Å². The number of anilines is 1. The van der Waals surface area contributed by atoms with Crippen molar-refractivity contribution in [3.8, 4) is 0 Å². The van der Waals surface area contributed by atoms with Crippen LogP contribution in [0.15, 0.2) is 48.5 Å². The van der Waals surface area contributed by atoms with Gasteiger partial charge in [-0.15, -0.1) is 0 Å². The Morgan fingerprint density at radius 1 is 1.12 bits per heavy atom. The number of nitrogens with zero attached hydrogens (tertiary/aromatic N) is 1. The molecule has 0 aliphatic heterocycles. The zero-order chi connectivity index (χ0) is 18.8. The Labute approximate surface area is 152 Å². The van der Waals surface area contributed by atoms with Crippen molar-refractivity contribution >= 4 is 17.3 Å². The molecule has 1 amide bonds. The van der Waals surface area contributed by atoms with Crippen molar-refractivity contribution in [2.75, 3.05) is 19.0 Å². The van der Waals surface area contributed by atoms with Crippen LogP contribution in [-0.2, 0) is 22.7 Å². The standard InChI is InChI=1S/C19H23N3O4/c1-26-14-16-6-3-2-5-15(16)13-21-19(23)7-4-12-20-17-8-10-18(11-9-17)22(24)25/h2-3,5-6,8-11,20H,4,7,12-14H2,1H3,(H,21,23). The number of nitrogens with one attached hydrogen (secondary N) is 2. The molecule has 0 aliphatic carbocycles. The van der Waals surface area contributed by atoms with Crippen LogP contribution in [0.2, 0.25) is 0 Å². The van der Waals surface area contributed by atoms with Crippen LogP contribution in [0, 0.1) is 10.1 Å². The molecule has 2 rings (SSSR count). The van der Waals surface area contributed by atoms with E-state index in [0.29, 0.717) is 32.5 Å². The number of methoxy groups -OCH3 is 1. The van der Waals surface area contributed by atoms with Crippen LogP contribution in [0.5, 0.6) is 0 Å². The first kappa shape index (κ1) is 19.4. The Kier molecular flexibility index (Phi) is 7.57. The first-order chi connectivity index (χ1) is 12.6. The summed E-state index contributed by atoms with van der Waals surface area (Å²) in [5.41, 5.74) is 2.97. The van der Waals surface area contributed by atoms with Crippen LogP contribution < -0.4 is 10.6 Å². The van der Waals surface area contributed by atoms with Crippen LogP contribution >= 0.6 is 0 Å². The number of carbonyl (C=O) groups excluding carboxylic acids is 1. The lowest BCUT2D eigenvalue weighted by Gasteiger charge is -2.10. The molecule has 2 aromatic carbocycles. The lowest BCUT2D eigenvalue weighted by atomic mass is 10.1. The molecule has 0 saturated carbocycles. The normalized spacial score (nSPS) is 10.3. The van der Waals surface area contributed by atoms with Gasteiger partial charge in [-0.1, -0.05) is 24.3 Å². The number of carbonyl (C=O) groups is 1. The zero-order valence-electron chi connectivity index (χ0n) is 14.7. The minimum Gasteiger partial charge on any atom is -0.385 e. The number of rotatable bonds is 10. The van der Waals surface area contributed by atoms with Gasteiger partial charge in [0.15, 0.2) is 0 Å². The van der Waals surface area contributed by atoms with Gasteiger partial charge >= 0.3 is 0 Å². The molecule has 0 aliphatic rings. The summed E-state index contributed by atoms with van der Waals surface area (Å²) in [6, 6.07) is 14.1. The highest BCUT2D eigenvalue weighted by atomic mass is 16.6. The third-order valence-electron chi connectivity index (χ3n) is 3.88. The first-order valence-electron chi connectivity index (χ1n) is 8.41. The lowest BCUT2D eigenvalue weighted by Crippen LogP contribution is -2.23. The number of amides is 1. The van der Waals surface area contributed by atoms with Gasteiger partial charge in [-0.3, -0.25) is 14.9 Å². The molecule has 0 atom stereocenters. The van der Waals surface area contributed by atoms with E-state index in [4.69, 9.17) is 4.74 Å². The third-order valence-corrected chi connectivity index (χ3v) is 3.88. The molecular weight excluding hydrogens is 334 g/mol. The van der Waals surface area contributed by atoms with E-state index in [1.54, 1.807) is 19.2 Å². The van der Waals surface area contributed by atoms with Crippen LogP contribution in [-0.4, -0.2) is 24.5 Å². The highest BCUT2D eigenvalue weighted by Gasteiger charge is 2.06. The predicted molar refractivity (Wildman–Crippen MR) is 99.8 cm³/mol. The van der Waals surface area contributed by atoms with Crippen molar-refractivity contribution in [1.82, 2.24) is 5.32 Å². The Balaban J connectivity index is 1.68. The number of hydrogen-bond acceptors (Lipinski definition) is 5. The number of nitro groups is 1. The van der Waals surface area contributed by atoms with Crippen molar-refractivity contribution in [3.05, 3.63) is 69.8 Å². The fourth-order valence-corrected chi connectivity index (χ4v) is 2.49. The molecule has 0 heterocycles. The van der Waals surface area contributed by atoms with Gasteiger partial charge < -0.3 is 15.4 Å². The van der Waals surface area contributed by atoms with E-state index < -0.39 is 4.92 Å². The van der Waals surface area contributed by atoms with Crippen LogP contribution in [0.3, 0.4) is 0 Å². The molecule has 138 valence electrons. The van der Waals surface area contributed by atoms with Crippen molar-refractivity contribution in [2.24, 2.45) is 0 Å². The zero-order valence-corrected chi connectivity index (χ0v) is 14.7. The number of ether oxygens (including phenoxy) is 1. The molecule has 7 heteroatoms. The van der Waals surface area contributed by atoms with Crippen LogP contribution in [0.4, 0.5) is 11.4 Å². The fraction of sp³-hybridized carbons (Fsp3) is 0.316. The second-order valence-electron chi connectivity index (χ2n) is 5.81. The molecule has 0 spiro atoms. The SMILES string of the molecule is COCc1ccccc1CNC(=O)CCCNc1ccc([N+](=O)[O-])cc1. The largest absolute Gasteiger partial charge is 0.385 e. The molecule has 0 fully saturated rings. The summed E-state index contributed by atoms with van der Waals surface area (Å²) in [6.45, 7) is 1.62. The summed E-state index contributed by atoms with van der Waals surface area (Å²) in [7, 11) is 1.65. The van der Waals surface area contributed by atoms with Crippen LogP contribution in [0.25, 0.3) is 0 Å². The average molecular weight is 357 g/mol. The molecule has 2 N–H and O–H groups in total. The summed E-state index contributed by atoms with van der Waals surface area (Å²) in [4.78, 5) is 22.1. The molecule has 2 aromatic rings. The van der Waals surface area contributed by atoms with Gasteiger partial charge in [-0.2, -0.15) is 0 Å². The van der Waals surface area contributed by atoms with E-state index in [-0.39, 0.29) is 11.6 Å². The number of hydrogen-bond donors (Lipinski definition) is 2. The lowest BCUT2D eigenvalue weighted by molar-refractivity contribution is -0.384. The molecule has 7 nitrogen and oxygen atoms in total. The quantitative estimate of drug-likeness (QED) is 0.387. The summed E-state index contributed by atoms with van der Waals surface area (Å²) < 4.78 is 5.16. The van der Waals surface area contributed by atoms with E-state index >= 15 is 0 Å². The molecule has 0 bridgehead atoms. The van der Waals surface area contributed by atoms with E-state index in [9.17, 15) is 14.9 Å². The summed E-state index contributed by atoms with van der Waals surface area (Å²) >= 11 is 0. The minimum atomic E-state index is -0.432. The van der Waals surface area contributed by atoms with Crippen molar-refractivity contribution in [2.45, 2.75) is 26.0 Å². The third kappa shape index (κ3) is 6.18. The Bertz CT molecular complexity index is 732. The van der Waals surface area contributed by atoms with Crippen molar-refractivity contribution in [1.29, 1.82) is 0 Å². The van der Waals surface area contributed by atoms with Crippen molar-refractivity contribution < 1.29 is 14.5 Å². The molecule has 0 unspecified atom stereocenters. The van der Waals surface area contributed by atoms with Gasteiger partial charge in [0.2, 0.25) is 5.91 Å². The summed E-state index contributed by atoms with van der Waals surface area (Å²) in [6.07, 6.45) is 1.08. The summed E-state index contributed by atoms with van der Waals surface area (Å²) in [5.74, 6) is -0.0114. The monoisotopic (exact) mass is 357 g/mol. The van der Waals surface area contributed by atoms with E-state index in [0.717, 1.165) is 16.8 Å². The van der Waals surface area contributed by atoms with Gasteiger partial charge in [0.05, 0.1) is 11.5 Å². The Morgan fingerprint density at radius 3 is 2.46 bits per heavy atom. The van der Waals surface area contributed by atoms with E-state index in [2.05, 4.69) is 10.6 Å². The van der Waals surface area contributed by atoms with Crippen molar-refractivity contribution in [3.63, 3.8) is 0 Å². The number of nitro benzene ring substituents is 1. The minimum absolute atomic E-state index is 0.0114. The molecule has 26 heavy (non-hydrogen) atoms. The highest BCUT2D eigenvalue weighted by Crippen LogP contribution is 2.15. The Morgan fingerprint density at radius 2 is 1.81 bits per heavy atom.